The lowest BCUT2D eigenvalue weighted by atomic mass is 10.1. The van der Waals surface area contributed by atoms with Gasteiger partial charge in [-0.05, 0) is 48.5 Å². The number of hydrogen-bond acceptors (Lipinski definition) is 6. The molecule has 3 aromatic carbocycles. The van der Waals surface area contributed by atoms with Crippen LogP contribution in [0.4, 0.5) is 0 Å². The summed E-state index contributed by atoms with van der Waals surface area (Å²) in [4.78, 5) is 24.9. The van der Waals surface area contributed by atoms with E-state index in [1.807, 2.05) is 54.6 Å². The molecular weight excluding hydrogens is 480 g/mol. The lowest BCUT2D eigenvalue weighted by Crippen LogP contribution is -2.25. The van der Waals surface area contributed by atoms with Gasteiger partial charge in [-0.2, -0.15) is 10.2 Å². The van der Waals surface area contributed by atoms with Crippen LogP contribution in [0.2, 0.25) is 5.02 Å². The number of hydrazone groups is 1. The normalized spacial score (nSPS) is 11.1. The highest BCUT2D eigenvalue weighted by Gasteiger charge is 2.13. The van der Waals surface area contributed by atoms with E-state index in [9.17, 15) is 9.59 Å². The van der Waals surface area contributed by atoms with E-state index >= 15 is 0 Å². The molecule has 5 aromatic rings. The van der Waals surface area contributed by atoms with Gasteiger partial charge < -0.3 is 9.15 Å². The van der Waals surface area contributed by atoms with Crippen LogP contribution in [0.3, 0.4) is 0 Å². The molecule has 1 amide bonds. The minimum absolute atomic E-state index is 0.172. The standard InChI is InChI=1S/C27H19ClN4O4/c28-19-10-11-25-22(14-19)27(34)18(16-35-25)15-29-31-26(33)17-36-24-9-5-4-8-21(24)23-12-13-30-32(23)20-6-2-1-3-7-20/h1-16H,17H2,(H,31,33)/b29-15+. The highest BCUT2D eigenvalue weighted by molar-refractivity contribution is 6.31. The van der Waals surface area contributed by atoms with Crippen molar-refractivity contribution < 1.29 is 13.9 Å². The molecule has 0 spiro atoms. The van der Waals surface area contributed by atoms with Gasteiger partial charge in [-0.25, -0.2) is 10.1 Å². The molecule has 0 fully saturated rings. The topological polar surface area (TPSA) is 98.7 Å². The fraction of sp³-hybridized carbons (Fsp3) is 0.0370. The summed E-state index contributed by atoms with van der Waals surface area (Å²) in [5.74, 6) is 0.0206. The van der Waals surface area contributed by atoms with Gasteiger partial charge in [-0.1, -0.05) is 41.9 Å². The third kappa shape index (κ3) is 4.89. The van der Waals surface area contributed by atoms with E-state index < -0.39 is 5.91 Å². The van der Waals surface area contributed by atoms with Crippen molar-refractivity contribution in [3.8, 4) is 22.7 Å². The molecule has 0 saturated heterocycles. The Morgan fingerprint density at radius 1 is 1.08 bits per heavy atom. The van der Waals surface area contributed by atoms with Crippen LogP contribution < -0.4 is 15.6 Å². The second-order valence-electron chi connectivity index (χ2n) is 7.70. The SMILES string of the molecule is O=C(COc1ccccc1-c1ccnn1-c1ccccc1)N/N=C/c1coc2ccc(Cl)cc2c1=O. The van der Waals surface area contributed by atoms with Gasteiger partial charge in [0.15, 0.2) is 6.61 Å². The lowest BCUT2D eigenvalue weighted by molar-refractivity contribution is -0.123. The molecule has 36 heavy (non-hydrogen) atoms. The van der Waals surface area contributed by atoms with Gasteiger partial charge in [0.1, 0.15) is 17.6 Å². The van der Waals surface area contributed by atoms with Crippen LogP contribution in [0.5, 0.6) is 5.75 Å². The third-order valence-corrected chi connectivity index (χ3v) is 5.55. The average molecular weight is 499 g/mol. The lowest BCUT2D eigenvalue weighted by Gasteiger charge is -2.12. The molecule has 2 heterocycles. The first-order valence-corrected chi connectivity index (χ1v) is 11.3. The molecule has 0 aliphatic rings. The van der Waals surface area contributed by atoms with E-state index in [0.29, 0.717) is 21.7 Å². The Bertz CT molecular complexity index is 1630. The molecule has 2 aromatic heterocycles. The maximum Gasteiger partial charge on any atom is 0.277 e. The predicted molar refractivity (Wildman–Crippen MR) is 138 cm³/mol. The number of nitrogens with zero attached hydrogens (tertiary/aromatic N) is 3. The van der Waals surface area contributed by atoms with Crippen LogP contribution in [0, 0.1) is 0 Å². The molecule has 0 aliphatic carbocycles. The number of benzene rings is 3. The summed E-state index contributed by atoms with van der Waals surface area (Å²) < 4.78 is 13.0. The monoisotopic (exact) mass is 498 g/mol. The Kier molecular flexibility index (Phi) is 6.59. The van der Waals surface area contributed by atoms with Gasteiger partial charge in [0.05, 0.1) is 34.7 Å². The van der Waals surface area contributed by atoms with Gasteiger partial charge in [-0.3, -0.25) is 9.59 Å². The molecule has 0 atom stereocenters. The fourth-order valence-electron chi connectivity index (χ4n) is 3.64. The molecule has 8 nitrogen and oxygen atoms in total. The smallest absolute Gasteiger partial charge is 0.277 e. The number of fused-ring (bicyclic) bond motifs is 1. The first-order chi connectivity index (χ1) is 17.6. The van der Waals surface area contributed by atoms with E-state index in [0.717, 1.165) is 16.9 Å². The summed E-state index contributed by atoms with van der Waals surface area (Å²) in [6.07, 6.45) is 4.20. The fourth-order valence-corrected chi connectivity index (χ4v) is 3.82. The first-order valence-electron chi connectivity index (χ1n) is 10.9. The van der Waals surface area contributed by atoms with E-state index in [-0.39, 0.29) is 17.6 Å². The number of rotatable bonds is 7. The molecule has 178 valence electrons. The Morgan fingerprint density at radius 3 is 2.75 bits per heavy atom. The van der Waals surface area contributed by atoms with Crippen molar-refractivity contribution in [2.24, 2.45) is 5.10 Å². The molecule has 1 N–H and O–H groups in total. The molecule has 0 unspecified atom stereocenters. The van der Waals surface area contributed by atoms with Crippen molar-refractivity contribution in [2.45, 2.75) is 0 Å². The number of halogens is 1. The molecule has 0 radical (unpaired) electrons. The number of carbonyl (C=O) groups excluding carboxylic acids is 1. The largest absolute Gasteiger partial charge is 0.483 e. The number of nitrogens with one attached hydrogen (secondary N) is 1. The Labute approximate surface area is 210 Å². The molecule has 9 heteroatoms. The highest BCUT2D eigenvalue weighted by Crippen LogP contribution is 2.31. The molecule has 0 aliphatic heterocycles. The van der Waals surface area contributed by atoms with E-state index in [4.69, 9.17) is 20.8 Å². The van der Waals surface area contributed by atoms with Gasteiger partial charge in [0.25, 0.3) is 5.91 Å². The Morgan fingerprint density at radius 2 is 1.89 bits per heavy atom. The number of ether oxygens (including phenoxy) is 1. The van der Waals surface area contributed by atoms with E-state index in [2.05, 4.69) is 15.6 Å². The van der Waals surface area contributed by atoms with Gasteiger partial charge >= 0.3 is 0 Å². The van der Waals surface area contributed by atoms with Crippen LogP contribution in [-0.4, -0.2) is 28.5 Å². The summed E-state index contributed by atoms with van der Waals surface area (Å²) in [6.45, 7) is -0.282. The quantitative estimate of drug-likeness (QED) is 0.256. The highest BCUT2D eigenvalue weighted by atomic mass is 35.5. The number of para-hydroxylation sites is 2. The van der Waals surface area contributed by atoms with Crippen LogP contribution >= 0.6 is 11.6 Å². The predicted octanol–water partition coefficient (Wildman–Crippen LogP) is 4.83. The second kappa shape index (κ2) is 10.3. The minimum atomic E-state index is -0.495. The maximum atomic E-state index is 12.6. The van der Waals surface area contributed by atoms with Crippen molar-refractivity contribution in [3.05, 3.63) is 112 Å². The van der Waals surface area contributed by atoms with E-state index in [1.165, 1.54) is 18.5 Å². The maximum absolute atomic E-state index is 12.6. The van der Waals surface area contributed by atoms with Crippen LogP contribution in [0.1, 0.15) is 5.56 Å². The van der Waals surface area contributed by atoms with E-state index in [1.54, 1.807) is 29.1 Å². The summed E-state index contributed by atoms with van der Waals surface area (Å²) in [7, 11) is 0. The summed E-state index contributed by atoms with van der Waals surface area (Å²) in [5.41, 5.74) is 5.13. The zero-order valence-electron chi connectivity index (χ0n) is 18.8. The van der Waals surface area contributed by atoms with Crippen molar-refractivity contribution in [1.82, 2.24) is 15.2 Å². The zero-order valence-corrected chi connectivity index (χ0v) is 19.6. The molecule has 0 saturated carbocycles. The van der Waals surface area contributed by atoms with Crippen molar-refractivity contribution in [3.63, 3.8) is 0 Å². The third-order valence-electron chi connectivity index (χ3n) is 5.32. The Hall–Kier alpha value is -4.69. The number of aromatic nitrogens is 2. The van der Waals surface area contributed by atoms with Gasteiger partial charge in [0.2, 0.25) is 5.43 Å². The summed E-state index contributed by atoms with van der Waals surface area (Å²) in [5, 5.41) is 9.02. The Balaban J connectivity index is 1.27. The zero-order chi connectivity index (χ0) is 24.9. The van der Waals surface area contributed by atoms with Crippen molar-refractivity contribution in [1.29, 1.82) is 0 Å². The number of carbonyl (C=O) groups is 1. The number of amides is 1. The number of hydrogen-bond donors (Lipinski definition) is 1. The van der Waals surface area contributed by atoms with Gasteiger partial charge in [0, 0.05) is 10.6 Å². The average Bonchev–Trinajstić information content (AvgIpc) is 3.40. The minimum Gasteiger partial charge on any atom is -0.483 e. The van der Waals surface area contributed by atoms with Crippen molar-refractivity contribution in [2.75, 3.05) is 6.61 Å². The summed E-state index contributed by atoms with van der Waals surface area (Å²) in [6, 6.07) is 23.7. The first kappa shape index (κ1) is 23.1. The molecular formula is C27H19ClN4O4. The van der Waals surface area contributed by atoms with Crippen LogP contribution in [0.15, 0.2) is 106 Å². The van der Waals surface area contributed by atoms with Crippen molar-refractivity contribution >= 4 is 34.7 Å². The second-order valence-corrected chi connectivity index (χ2v) is 8.14. The summed E-state index contributed by atoms with van der Waals surface area (Å²) >= 11 is 5.97. The van der Waals surface area contributed by atoms with Gasteiger partial charge in [-0.15, -0.1) is 0 Å². The molecule has 0 bridgehead atoms. The van der Waals surface area contributed by atoms with Crippen LogP contribution in [-0.2, 0) is 4.79 Å². The van der Waals surface area contributed by atoms with Crippen LogP contribution in [0.25, 0.3) is 27.9 Å². The molecule has 5 rings (SSSR count).